The van der Waals surface area contributed by atoms with E-state index in [1.54, 1.807) is 0 Å². The highest BCUT2D eigenvalue weighted by atomic mass is 16.5. The standard InChI is InChI=1S/C18H19NO2/c1-21-18(20)11-17-16-10-6-5-9-15(16)13-19(17)12-14-7-3-2-4-8-14/h2-10,17H,11-13H2,1H3. The molecule has 2 aromatic rings. The first kappa shape index (κ1) is 13.8. The maximum absolute atomic E-state index is 11.7. The summed E-state index contributed by atoms with van der Waals surface area (Å²) >= 11 is 0. The topological polar surface area (TPSA) is 29.5 Å². The number of rotatable bonds is 4. The molecule has 3 nitrogen and oxygen atoms in total. The van der Waals surface area contributed by atoms with E-state index in [-0.39, 0.29) is 12.0 Å². The first-order valence-corrected chi connectivity index (χ1v) is 7.20. The van der Waals surface area contributed by atoms with E-state index in [0.717, 1.165) is 13.1 Å². The quantitative estimate of drug-likeness (QED) is 0.805. The summed E-state index contributed by atoms with van der Waals surface area (Å²) in [6.45, 7) is 1.73. The van der Waals surface area contributed by atoms with Crippen LogP contribution in [0, 0.1) is 0 Å². The number of ether oxygens (including phenoxy) is 1. The number of carbonyl (C=O) groups excluding carboxylic acids is 1. The van der Waals surface area contributed by atoms with Crippen LogP contribution in [0.4, 0.5) is 0 Å². The molecule has 21 heavy (non-hydrogen) atoms. The molecule has 1 atom stereocenters. The highest BCUT2D eigenvalue weighted by Gasteiger charge is 2.31. The van der Waals surface area contributed by atoms with Crippen molar-refractivity contribution in [3.05, 3.63) is 71.3 Å². The van der Waals surface area contributed by atoms with Gasteiger partial charge in [0.25, 0.3) is 0 Å². The van der Waals surface area contributed by atoms with E-state index in [1.165, 1.54) is 23.8 Å². The number of carbonyl (C=O) groups is 1. The normalized spacial score (nSPS) is 17.5. The number of benzene rings is 2. The van der Waals surface area contributed by atoms with Crippen LogP contribution in [0.2, 0.25) is 0 Å². The summed E-state index contributed by atoms with van der Waals surface area (Å²) in [4.78, 5) is 14.1. The van der Waals surface area contributed by atoms with Crippen LogP contribution in [-0.4, -0.2) is 18.0 Å². The van der Waals surface area contributed by atoms with Crippen molar-refractivity contribution < 1.29 is 9.53 Å². The molecular formula is C18H19NO2. The second-order valence-electron chi connectivity index (χ2n) is 5.39. The Bertz CT molecular complexity index is 624. The molecule has 0 amide bonds. The molecule has 1 unspecified atom stereocenters. The van der Waals surface area contributed by atoms with Crippen LogP contribution in [0.5, 0.6) is 0 Å². The minimum Gasteiger partial charge on any atom is -0.469 e. The molecule has 2 aromatic carbocycles. The van der Waals surface area contributed by atoms with Crippen LogP contribution in [-0.2, 0) is 22.6 Å². The van der Waals surface area contributed by atoms with Crippen molar-refractivity contribution in [3.63, 3.8) is 0 Å². The molecule has 0 fully saturated rings. The van der Waals surface area contributed by atoms with Crippen molar-refractivity contribution in [1.82, 2.24) is 4.90 Å². The number of nitrogens with zero attached hydrogens (tertiary/aromatic N) is 1. The fraction of sp³-hybridized carbons (Fsp3) is 0.278. The van der Waals surface area contributed by atoms with Gasteiger partial charge in [0.1, 0.15) is 0 Å². The third-order valence-electron chi connectivity index (χ3n) is 4.04. The second kappa shape index (κ2) is 6.10. The zero-order valence-electron chi connectivity index (χ0n) is 12.2. The summed E-state index contributed by atoms with van der Waals surface area (Å²) in [5.41, 5.74) is 3.82. The molecule has 0 spiro atoms. The summed E-state index contributed by atoms with van der Waals surface area (Å²) < 4.78 is 4.86. The summed E-state index contributed by atoms with van der Waals surface area (Å²) in [6, 6.07) is 18.8. The molecular weight excluding hydrogens is 262 g/mol. The largest absolute Gasteiger partial charge is 0.469 e. The van der Waals surface area contributed by atoms with Crippen molar-refractivity contribution in [3.8, 4) is 0 Å². The maximum Gasteiger partial charge on any atom is 0.307 e. The fourth-order valence-electron chi connectivity index (χ4n) is 2.99. The number of hydrogen-bond acceptors (Lipinski definition) is 3. The van der Waals surface area contributed by atoms with Gasteiger partial charge in [-0.15, -0.1) is 0 Å². The van der Waals surface area contributed by atoms with Gasteiger partial charge in [-0.05, 0) is 16.7 Å². The number of fused-ring (bicyclic) bond motifs is 1. The molecule has 0 aromatic heterocycles. The summed E-state index contributed by atoms with van der Waals surface area (Å²) in [6.07, 6.45) is 0.403. The Morgan fingerprint density at radius 3 is 2.62 bits per heavy atom. The highest BCUT2D eigenvalue weighted by Crippen LogP contribution is 2.37. The fourth-order valence-corrected chi connectivity index (χ4v) is 2.99. The Kier molecular flexibility index (Phi) is 4.02. The number of hydrogen-bond donors (Lipinski definition) is 0. The van der Waals surface area contributed by atoms with Crippen molar-refractivity contribution in [2.24, 2.45) is 0 Å². The second-order valence-corrected chi connectivity index (χ2v) is 5.39. The van der Waals surface area contributed by atoms with Crippen LogP contribution >= 0.6 is 0 Å². The molecule has 1 heterocycles. The van der Waals surface area contributed by atoms with Crippen LogP contribution in [0.15, 0.2) is 54.6 Å². The van der Waals surface area contributed by atoms with Gasteiger partial charge in [0.15, 0.2) is 0 Å². The smallest absolute Gasteiger partial charge is 0.307 e. The van der Waals surface area contributed by atoms with Crippen molar-refractivity contribution in [2.45, 2.75) is 25.6 Å². The van der Waals surface area contributed by atoms with Crippen LogP contribution in [0.25, 0.3) is 0 Å². The molecule has 3 heteroatoms. The lowest BCUT2D eigenvalue weighted by atomic mass is 10.0. The van der Waals surface area contributed by atoms with Gasteiger partial charge in [0, 0.05) is 19.1 Å². The Balaban J connectivity index is 1.84. The van der Waals surface area contributed by atoms with Crippen molar-refractivity contribution >= 4 is 5.97 Å². The van der Waals surface area contributed by atoms with Gasteiger partial charge in [-0.3, -0.25) is 9.69 Å². The third kappa shape index (κ3) is 2.98. The Morgan fingerprint density at radius 1 is 1.14 bits per heavy atom. The summed E-state index contributed by atoms with van der Waals surface area (Å²) in [5.74, 6) is -0.158. The molecule has 0 radical (unpaired) electrons. The minimum absolute atomic E-state index is 0.105. The van der Waals surface area contributed by atoms with E-state index in [9.17, 15) is 4.79 Å². The van der Waals surface area contributed by atoms with E-state index in [1.807, 2.05) is 24.3 Å². The zero-order valence-corrected chi connectivity index (χ0v) is 12.2. The molecule has 0 bridgehead atoms. The van der Waals surface area contributed by atoms with E-state index in [0.29, 0.717) is 6.42 Å². The molecule has 0 aliphatic carbocycles. The first-order chi connectivity index (χ1) is 10.3. The Labute approximate surface area is 125 Å². The van der Waals surface area contributed by atoms with Gasteiger partial charge in [-0.1, -0.05) is 54.6 Å². The lowest BCUT2D eigenvalue weighted by Crippen LogP contribution is -2.24. The molecule has 0 saturated heterocycles. The molecule has 0 saturated carbocycles. The molecule has 0 N–H and O–H groups in total. The van der Waals surface area contributed by atoms with Crippen molar-refractivity contribution in [2.75, 3.05) is 7.11 Å². The average Bonchev–Trinajstić information content (AvgIpc) is 2.86. The molecule has 3 rings (SSSR count). The Morgan fingerprint density at radius 2 is 1.86 bits per heavy atom. The van der Waals surface area contributed by atoms with E-state index in [2.05, 4.69) is 35.2 Å². The van der Waals surface area contributed by atoms with Gasteiger partial charge < -0.3 is 4.74 Å². The van der Waals surface area contributed by atoms with Gasteiger partial charge in [0.05, 0.1) is 13.5 Å². The predicted molar refractivity (Wildman–Crippen MR) is 81.5 cm³/mol. The van der Waals surface area contributed by atoms with Crippen LogP contribution in [0.3, 0.4) is 0 Å². The highest BCUT2D eigenvalue weighted by molar-refractivity contribution is 5.70. The summed E-state index contributed by atoms with van der Waals surface area (Å²) in [5, 5.41) is 0. The lowest BCUT2D eigenvalue weighted by Gasteiger charge is -2.24. The van der Waals surface area contributed by atoms with Crippen LogP contribution < -0.4 is 0 Å². The summed E-state index contributed by atoms with van der Waals surface area (Å²) in [7, 11) is 1.45. The zero-order chi connectivity index (χ0) is 14.7. The van der Waals surface area contributed by atoms with Gasteiger partial charge in [0.2, 0.25) is 0 Å². The number of esters is 1. The monoisotopic (exact) mass is 281 g/mol. The Hall–Kier alpha value is -2.13. The minimum atomic E-state index is -0.158. The predicted octanol–water partition coefficient (Wildman–Crippen LogP) is 3.31. The first-order valence-electron chi connectivity index (χ1n) is 7.20. The molecule has 1 aliphatic rings. The molecule has 108 valence electrons. The van der Waals surface area contributed by atoms with Crippen LogP contribution in [0.1, 0.15) is 29.2 Å². The van der Waals surface area contributed by atoms with E-state index >= 15 is 0 Å². The van der Waals surface area contributed by atoms with Gasteiger partial charge >= 0.3 is 5.97 Å². The lowest BCUT2D eigenvalue weighted by molar-refractivity contribution is -0.142. The van der Waals surface area contributed by atoms with E-state index < -0.39 is 0 Å². The SMILES string of the molecule is COC(=O)CC1c2ccccc2CN1Cc1ccccc1. The van der Waals surface area contributed by atoms with E-state index in [4.69, 9.17) is 4.74 Å². The number of methoxy groups -OCH3 is 1. The molecule has 1 aliphatic heterocycles. The van der Waals surface area contributed by atoms with Gasteiger partial charge in [-0.25, -0.2) is 0 Å². The maximum atomic E-state index is 11.7. The average molecular weight is 281 g/mol. The van der Waals surface area contributed by atoms with Gasteiger partial charge in [-0.2, -0.15) is 0 Å². The van der Waals surface area contributed by atoms with Crippen molar-refractivity contribution in [1.29, 1.82) is 0 Å². The third-order valence-corrected chi connectivity index (χ3v) is 4.04.